The zero-order valence-corrected chi connectivity index (χ0v) is 12.5. The highest BCUT2D eigenvalue weighted by atomic mass is 35.5. The topological polar surface area (TPSA) is 79.5 Å². The molecule has 0 saturated heterocycles. The molecule has 110 valence electrons. The Bertz CT molecular complexity index is 734. The molecule has 0 fully saturated rings. The Morgan fingerprint density at radius 3 is 2.38 bits per heavy atom. The molecule has 0 atom stereocenters. The molecule has 0 saturated carbocycles. The largest absolute Gasteiger partial charge is 0.478 e. The molecule has 6 heteroatoms. The average molecular weight is 308 g/mol. The van der Waals surface area contributed by atoms with E-state index in [-0.39, 0.29) is 16.3 Å². The van der Waals surface area contributed by atoms with E-state index in [1.807, 2.05) is 0 Å². The third-order valence-corrected chi connectivity index (χ3v) is 3.48. The van der Waals surface area contributed by atoms with Gasteiger partial charge in [-0.15, -0.1) is 0 Å². The fraction of sp³-hybridized carbons (Fsp3) is 0.200. The van der Waals surface area contributed by atoms with E-state index < -0.39 is 11.9 Å². The quantitative estimate of drug-likeness (QED) is 0.903. The number of amides is 1. The highest BCUT2D eigenvalue weighted by Crippen LogP contribution is 2.25. The van der Waals surface area contributed by atoms with Gasteiger partial charge in [0.05, 0.1) is 16.8 Å². The van der Waals surface area contributed by atoms with Gasteiger partial charge in [-0.2, -0.15) is 0 Å². The van der Waals surface area contributed by atoms with Gasteiger partial charge in [0, 0.05) is 10.6 Å². The lowest BCUT2D eigenvalue weighted by Crippen LogP contribution is -2.16. The Balaban J connectivity index is 2.38. The smallest absolute Gasteiger partial charge is 0.337 e. The van der Waals surface area contributed by atoms with Crippen LogP contribution in [0.25, 0.3) is 0 Å². The molecule has 2 N–H and O–H groups in total. The summed E-state index contributed by atoms with van der Waals surface area (Å²) in [7, 11) is 0. The second-order valence-electron chi connectivity index (χ2n) is 4.66. The number of hydrogen-bond donors (Lipinski definition) is 2. The summed E-state index contributed by atoms with van der Waals surface area (Å²) in [5, 5.41) is 12.0. The van der Waals surface area contributed by atoms with Crippen molar-refractivity contribution in [3.8, 4) is 0 Å². The van der Waals surface area contributed by atoms with Gasteiger partial charge in [-0.1, -0.05) is 11.6 Å². The van der Waals surface area contributed by atoms with E-state index in [4.69, 9.17) is 21.1 Å². The molecule has 1 heterocycles. The lowest BCUT2D eigenvalue weighted by molar-refractivity contribution is 0.0698. The van der Waals surface area contributed by atoms with Crippen LogP contribution in [0, 0.1) is 20.8 Å². The van der Waals surface area contributed by atoms with Gasteiger partial charge in [-0.25, -0.2) is 4.79 Å². The number of nitrogens with one attached hydrogen (secondary N) is 1. The van der Waals surface area contributed by atoms with E-state index in [0.717, 1.165) is 5.56 Å². The monoisotopic (exact) mass is 307 g/mol. The first-order valence-corrected chi connectivity index (χ1v) is 6.60. The molecule has 0 bridgehead atoms. The molecule has 0 radical (unpaired) electrons. The fourth-order valence-corrected chi connectivity index (χ4v) is 2.29. The van der Waals surface area contributed by atoms with Crippen molar-refractivity contribution in [3.05, 3.63) is 51.4 Å². The number of furan rings is 1. The van der Waals surface area contributed by atoms with Crippen LogP contribution in [-0.2, 0) is 0 Å². The fourth-order valence-electron chi connectivity index (χ4n) is 2.11. The van der Waals surface area contributed by atoms with Crippen molar-refractivity contribution in [2.45, 2.75) is 20.8 Å². The van der Waals surface area contributed by atoms with Crippen LogP contribution in [0.5, 0.6) is 0 Å². The minimum atomic E-state index is -1.16. The Kier molecular flexibility index (Phi) is 4.04. The van der Waals surface area contributed by atoms with Gasteiger partial charge < -0.3 is 14.8 Å². The molecule has 2 aromatic rings. The van der Waals surface area contributed by atoms with Gasteiger partial charge in [0.1, 0.15) is 11.5 Å². The molecule has 21 heavy (non-hydrogen) atoms. The molecule has 1 aromatic carbocycles. The summed E-state index contributed by atoms with van der Waals surface area (Å²) in [6.45, 7) is 5.24. The zero-order valence-electron chi connectivity index (χ0n) is 11.8. The van der Waals surface area contributed by atoms with Gasteiger partial charge in [-0.05, 0) is 39.0 Å². The van der Waals surface area contributed by atoms with Crippen LogP contribution in [0.2, 0.25) is 5.02 Å². The number of carbonyl (C=O) groups is 2. The van der Waals surface area contributed by atoms with Crippen LogP contribution in [0.4, 0.5) is 5.69 Å². The van der Waals surface area contributed by atoms with Crippen molar-refractivity contribution in [2.75, 3.05) is 5.32 Å². The predicted octanol–water partition coefficient (Wildman–Crippen LogP) is 3.81. The highest BCUT2D eigenvalue weighted by Gasteiger charge is 2.20. The standard InChI is InChI=1S/C15H14ClNO4/c1-7-8(2)21-9(3)13(7)14(18)17-12-5-4-10(16)6-11(12)15(19)20/h4-6H,1-3H3,(H,17,18)(H,19,20). The Morgan fingerprint density at radius 1 is 1.19 bits per heavy atom. The number of aromatic carboxylic acids is 1. The summed E-state index contributed by atoms with van der Waals surface area (Å²) in [6, 6.07) is 4.27. The van der Waals surface area contributed by atoms with Gasteiger partial charge in [0.15, 0.2) is 0 Å². The van der Waals surface area contributed by atoms with E-state index in [1.165, 1.54) is 18.2 Å². The second-order valence-corrected chi connectivity index (χ2v) is 5.10. The Hall–Kier alpha value is -2.27. The lowest BCUT2D eigenvalue weighted by Gasteiger charge is -2.09. The summed E-state index contributed by atoms with van der Waals surface area (Å²) in [4.78, 5) is 23.5. The first-order chi connectivity index (χ1) is 9.81. The van der Waals surface area contributed by atoms with Crippen molar-refractivity contribution in [3.63, 3.8) is 0 Å². The van der Waals surface area contributed by atoms with Crippen molar-refractivity contribution in [1.29, 1.82) is 0 Å². The van der Waals surface area contributed by atoms with Crippen LogP contribution in [0.15, 0.2) is 22.6 Å². The summed E-state index contributed by atoms with van der Waals surface area (Å²) in [5.74, 6) is -0.420. The molecule has 1 amide bonds. The van der Waals surface area contributed by atoms with E-state index in [9.17, 15) is 9.59 Å². The SMILES string of the molecule is Cc1oc(C)c(C(=O)Nc2ccc(Cl)cc2C(=O)O)c1C. The minimum absolute atomic E-state index is 0.0635. The van der Waals surface area contributed by atoms with E-state index in [2.05, 4.69) is 5.32 Å². The maximum absolute atomic E-state index is 12.3. The van der Waals surface area contributed by atoms with E-state index in [0.29, 0.717) is 17.1 Å². The van der Waals surface area contributed by atoms with E-state index in [1.54, 1.807) is 20.8 Å². The first-order valence-electron chi connectivity index (χ1n) is 6.22. The van der Waals surface area contributed by atoms with Crippen molar-refractivity contribution >= 4 is 29.2 Å². The molecular weight excluding hydrogens is 294 g/mol. The van der Waals surface area contributed by atoms with Crippen molar-refractivity contribution < 1.29 is 19.1 Å². The van der Waals surface area contributed by atoms with Crippen molar-refractivity contribution in [2.24, 2.45) is 0 Å². The lowest BCUT2D eigenvalue weighted by atomic mass is 10.1. The summed E-state index contributed by atoms with van der Waals surface area (Å²) in [5.41, 5.74) is 1.27. The van der Waals surface area contributed by atoms with Gasteiger partial charge in [0.25, 0.3) is 5.91 Å². The number of rotatable bonds is 3. The van der Waals surface area contributed by atoms with Crippen LogP contribution in [0.1, 0.15) is 37.8 Å². The number of carbonyl (C=O) groups excluding carboxylic acids is 1. The second kappa shape index (κ2) is 5.61. The molecule has 0 unspecified atom stereocenters. The molecule has 0 aliphatic carbocycles. The van der Waals surface area contributed by atoms with Crippen LogP contribution in [-0.4, -0.2) is 17.0 Å². The number of anilines is 1. The number of benzene rings is 1. The Morgan fingerprint density at radius 2 is 1.86 bits per heavy atom. The summed E-state index contributed by atoms with van der Waals surface area (Å²) < 4.78 is 5.40. The molecule has 0 aliphatic rings. The normalized spacial score (nSPS) is 10.5. The number of carboxylic acid groups (broad SMARTS) is 1. The minimum Gasteiger partial charge on any atom is -0.478 e. The third kappa shape index (κ3) is 2.92. The number of halogens is 1. The van der Waals surface area contributed by atoms with Gasteiger partial charge in [-0.3, -0.25) is 4.79 Å². The van der Waals surface area contributed by atoms with Crippen LogP contribution in [0.3, 0.4) is 0 Å². The number of hydrogen-bond acceptors (Lipinski definition) is 3. The molecule has 1 aromatic heterocycles. The van der Waals surface area contributed by atoms with Gasteiger partial charge >= 0.3 is 5.97 Å². The third-order valence-electron chi connectivity index (χ3n) is 3.25. The first kappa shape index (κ1) is 15.1. The average Bonchev–Trinajstić information content (AvgIpc) is 2.65. The maximum atomic E-state index is 12.3. The molecule has 0 spiro atoms. The van der Waals surface area contributed by atoms with Crippen LogP contribution < -0.4 is 5.32 Å². The highest BCUT2D eigenvalue weighted by molar-refractivity contribution is 6.31. The Labute approximate surface area is 126 Å². The van der Waals surface area contributed by atoms with E-state index >= 15 is 0 Å². The molecule has 5 nitrogen and oxygen atoms in total. The molecule has 2 rings (SSSR count). The summed E-state index contributed by atoms with van der Waals surface area (Å²) >= 11 is 5.78. The molecular formula is C15H14ClNO4. The molecule has 0 aliphatic heterocycles. The number of aryl methyl sites for hydroxylation is 2. The number of carboxylic acids is 1. The van der Waals surface area contributed by atoms with Crippen LogP contribution >= 0.6 is 11.6 Å². The van der Waals surface area contributed by atoms with Gasteiger partial charge in [0.2, 0.25) is 0 Å². The summed E-state index contributed by atoms with van der Waals surface area (Å²) in [6.07, 6.45) is 0. The van der Waals surface area contributed by atoms with Crippen molar-refractivity contribution in [1.82, 2.24) is 0 Å². The maximum Gasteiger partial charge on any atom is 0.337 e. The zero-order chi connectivity index (χ0) is 15.7. The predicted molar refractivity (Wildman–Crippen MR) is 79.3 cm³/mol.